The van der Waals surface area contributed by atoms with Crippen molar-refractivity contribution >= 4 is 0 Å². The van der Waals surface area contributed by atoms with E-state index in [0.29, 0.717) is 12.0 Å². The smallest absolute Gasteiger partial charge is 0.255 e. The molecule has 0 spiro atoms. The Balaban J connectivity index is 1.59. The van der Waals surface area contributed by atoms with Gasteiger partial charge in [0.2, 0.25) is 0 Å². The summed E-state index contributed by atoms with van der Waals surface area (Å²) in [5.74, 6) is 1.42. The zero-order chi connectivity index (χ0) is 12.4. The van der Waals surface area contributed by atoms with Gasteiger partial charge in [-0.15, -0.1) is 0 Å². The maximum atomic E-state index is 5.73. The molecule has 0 aliphatic carbocycles. The van der Waals surface area contributed by atoms with Crippen molar-refractivity contribution in [3.05, 3.63) is 11.7 Å². The third kappa shape index (κ3) is 2.71. The fraction of sp³-hybridized carbons (Fsp3) is 0.833. The molecule has 18 heavy (non-hydrogen) atoms. The molecule has 0 saturated carbocycles. The molecule has 2 saturated heterocycles. The third-order valence-corrected chi connectivity index (χ3v) is 3.57. The van der Waals surface area contributed by atoms with Crippen molar-refractivity contribution in [3.8, 4) is 0 Å². The number of nitrogens with zero attached hydrogens (tertiary/aromatic N) is 3. The van der Waals surface area contributed by atoms with Gasteiger partial charge in [0.15, 0.2) is 5.82 Å². The summed E-state index contributed by atoms with van der Waals surface area (Å²) in [5, 5.41) is 7.38. The van der Waals surface area contributed by atoms with Crippen LogP contribution in [0, 0.1) is 0 Å². The SMILES string of the molecule is CC1CCC(c2nc(CN3CCNCC3)no2)O1. The normalized spacial score (nSPS) is 29.8. The van der Waals surface area contributed by atoms with E-state index in [1.54, 1.807) is 0 Å². The molecule has 0 amide bonds. The second kappa shape index (κ2) is 5.34. The first-order chi connectivity index (χ1) is 8.81. The molecule has 2 fully saturated rings. The molecule has 6 nitrogen and oxygen atoms in total. The zero-order valence-corrected chi connectivity index (χ0v) is 10.8. The number of piperazine rings is 1. The topological polar surface area (TPSA) is 63.4 Å². The molecule has 100 valence electrons. The van der Waals surface area contributed by atoms with Crippen LogP contribution in [-0.4, -0.2) is 47.3 Å². The summed E-state index contributed by atoms with van der Waals surface area (Å²) in [4.78, 5) is 6.79. The van der Waals surface area contributed by atoms with Crippen LogP contribution < -0.4 is 5.32 Å². The van der Waals surface area contributed by atoms with Crippen LogP contribution in [-0.2, 0) is 11.3 Å². The van der Waals surface area contributed by atoms with Crippen LogP contribution >= 0.6 is 0 Å². The minimum atomic E-state index is 0.00396. The van der Waals surface area contributed by atoms with Gasteiger partial charge in [0, 0.05) is 26.2 Å². The Hall–Kier alpha value is -0.980. The minimum absolute atomic E-state index is 0.00396. The molecule has 1 aromatic heterocycles. The molecular formula is C12H20N4O2. The average molecular weight is 252 g/mol. The van der Waals surface area contributed by atoms with E-state index in [-0.39, 0.29) is 6.10 Å². The van der Waals surface area contributed by atoms with Gasteiger partial charge >= 0.3 is 0 Å². The first kappa shape index (κ1) is 12.1. The first-order valence-electron chi connectivity index (χ1n) is 6.72. The fourth-order valence-electron chi connectivity index (χ4n) is 2.52. The Morgan fingerprint density at radius 3 is 2.89 bits per heavy atom. The van der Waals surface area contributed by atoms with E-state index in [1.165, 1.54) is 0 Å². The number of hydrogen-bond donors (Lipinski definition) is 1. The van der Waals surface area contributed by atoms with Crippen LogP contribution in [0.1, 0.15) is 37.6 Å². The van der Waals surface area contributed by atoms with Gasteiger partial charge in [0.25, 0.3) is 5.89 Å². The number of aromatic nitrogens is 2. The van der Waals surface area contributed by atoms with E-state index in [4.69, 9.17) is 9.26 Å². The van der Waals surface area contributed by atoms with Crippen LogP contribution in [0.4, 0.5) is 0 Å². The number of nitrogens with one attached hydrogen (secondary N) is 1. The first-order valence-corrected chi connectivity index (χ1v) is 6.72. The molecule has 0 bridgehead atoms. The van der Waals surface area contributed by atoms with E-state index < -0.39 is 0 Å². The van der Waals surface area contributed by atoms with Crippen LogP contribution in [0.2, 0.25) is 0 Å². The molecule has 1 N–H and O–H groups in total. The standard InChI is InChI=1S/C12H20N4O2/c1-9-2-3-10(17-9)12-14-11(15-18-12)8-16-6-4-13-5-7-16/h9-10,13H,2-8H2,1H3. The summed E-state index contributed by atoms with van der Waals surface area (Å²) in [6, 6.07) is 0. The van der Waals surface area contributed by atoms with Crippen molar-refractivity contribution in [3.63, 3.8) is 0 Å². The maximum absolute atomic E-state index is 5.73. The highest BCUT2D eigenvalue weighted by Gasteiger charge is 2.28. The lowest BCUT2D eigenvalue weighted by Crippen LogP contribution is -2.43. The number of ether oxygens (including phenoxy) is 1. The predicted octanol–water partition coefficient (Wildman–Crippen LogP) is 0.715. The molecule has 1 aromatic rings. The molecule has 2 aliphatic heterocycles. The second-order valence-corrected chi connectivity index (χ2v) is 5.09. The largest absolute Gasteiger partial charge is 0.365 e. The van der Waals surface area contributed by atoms with Gasteiger partial charge in [-0.1, -0.05) is 5.16 Å². The Bertz CT molecular complexity index is 389. The summed E-state index contributed by atoms with van der Waals surface area (Å²) < 4.78 is 11.0. The van der Waals surface area contributed by atoms with Crippen molar-refractivity contribution in [2.75, 3.05) is 26.2 Å². The van der Waals surface area contributed by atoms with Crippen molar-refractivity contribution < 1.29 is 9.26 Å². The van der Waals surface area contributed by atoms with Crippen molar-refractivity contribution in [2.45, 2.75) is 38.5 Å². The van der Waals surface area contributed by atoms with Gasteiger partial charge in [-0.25, -0.2) is 0 Å². The maximum Gasteiger partial charge on any atom is 0.255 e. The van der Waals surface area contributed by atoms with Gasteiger partial charge in [-0.05, 0) is 19.8 Å². The Labute approximate surface area is 107 Å². The molecule has 6 heteroatoms. The van der Waals surface area contributed by atoms with Crippen molar-refractivity contribution in [1.29, 1.82) is 0 Å². The lowest BCUT2D eigenvalue weighted by molar-refractivity contribution is 0.0355. The van der Waals surface area contributed by atoms with E-state index in [0.717, 1.165) is 51.4 Å². The summed E-state index contributed by atoms with van der Waals surface area (Å²) in [7, 11) is 0. The number of rotatable bonds is 3. The Morgan fingerprint density at radius 1 is 1.33 bits per heavy atom. The second-order valence-electron chi connectivity index (χ2n) is 5.09. The molecule has 2 aliphatic rings. The third-order valence-electron chi connectivity index (χ3n) is 3.57. The quantitative estimate of drug-likeness (QED) is 0.855. The van der Waals surface area contributed by atoms with Crippen LogP contribution in [0.3, 0.4) is 0 Å². The van der Waals surface area contributed by atoms with Crippen molar-refractivity contribution in [2.24, 2.45) is 0 Å². The van der Waals surface area contributed by atoms with Gasteiger partial charge in [-0.3, -0.25) is 4.90 Å². The average Bonchev–Trinajstić information content (AvgIpc) is 2.99. The monoisotopic (exact) mass is 252 g/mol. The molecule has 3 heterocycles. The summed E-state index contributed by atoms with van der Waals surface area (Å²) in [5.41, 5.74) is 0. The van der Waals surface area contributed by atoms with E-state index in [2.05, 4.69) is 27.3 Å². The van der Waals surface area contributed by atoms with Crippen LogP contribution in [0.15, 0.2) is 4.52 Å². The molecule has 0 radical (unpaired) electrons. The highest BCUT2D eigenvalue weighted by Crippen LogP contribution is 2.31. The van der Waals surface area contributed by atoms with Gasteiger partial charge in [0.05, 0.1) is 12.6 Å². The zero-order valence-electron chi connectivity index (χ0n) is 10.8. The van der Waals surface area contributed by atoms with Gasteiger partial charge in [-0.2, -0.15) is 4.98 Å². The fourth-order valence-corrected chi connectivity index (χ4v) is 2.52. The summed E-state index contributed by atoms with van der Waals surface area (Å²) >= 11 is 0. The van der Waals surface area contributed by atoms with Crippen LogP contribution in [0.25, 0.3) is 0 Å². The lowest BCUT2D eigenvalue weighted by Gasteiger charge is -2.25. The van der Waals surface area contributed by atoms with Gasteiger partial charge < -0.3 is 14.6 Å². The number of hydrogen-bond acceptors (Lipinski definition) is 6. The van der Waals surface area contributed by atoms with E-state index in [1.807, 2.05) is 0 Å². The van der Waals surface area contributed by atoms with Crippen molar-refractivity contribution in [1.82, 2.24) is 20.4 Å². The van der Waals surface area contributed by atoms with E-state index >= 15 is 0 Å². The summed E-state index contributed by atoms with van der Waals surface area (Å²) in [6.07, 6.45) is 2.36. The Kier molecular flexibility index (Phi) is 3.58. The molecule has 2 unspecified atom stereocenters. The highest BCUT2D eigenvalue weighted by molar-refractivity contribution is 4.93. The lowest BCUT2D eigenvalue weighted by atomic mass is 10.2. The Morgan fingerprint density at radius 2 is 2.17 bits per heavy atom. The molecule has 2 atom stereocenters. The highest BCUT2D eigenvalue weighted by atomic mass is 16.5. The summed E-state index contributed by atoms with van der Waals surface area (Å²) in [6.45, 7) is 7.01. The molecule has 3 rings (SSSR count). The molecular weight excluding hydrogens is 232 g/mol. The predicted molar refractivity (Wildman–Crippen MR) is 65.0 cm³/mol. The van der Waals surface area contributed by atoms with Crippen LogP contribution in [0.5, 0.6) is 0 Å². The minimum Gasteiger partial charge on any atom is -0.365 e. The van der Waals surface area contributed by atoms with E-state index in [9.17, 15) is 0 Å². The van der Waals surface area contributed by atoms with Gasteiger partial charge in [0.1, 0.15) is 6.10 Å². The molecule has 0 aromatic carbocycles.